The second-order valence-electron chi connectivity index (χ2n) is 5.46. The van der Waals surface area contributed by atoms with Crippen LogP contribution < -0.4 is 5.73 Å². The Bertz CT molecular complexity index is 546. The highest BCUT2D eigenvalue weighted by Crippen LogP contribution is 2.12. The molecule has 6 nitrogen and oxygen atoms in total. The topological polar surface area (TPSA) is 110 Å². The molecular weight excluding hydrogens is 310 g/mol. The number of rotatable bonds is 9. The summed E-state index contributed by atoms with van der Waals surface area (Å²) >= 11 is 0. The van der Waals surface area contributed by atoms with E-state index in [2.05, 4.69) is 4.74 Å². The number of hydrogen-bond acceptors (Lipinski definition) is 5. The van der Waals surface area contributed by atoms with Crippen LogP contribution >= 0.6 is 0 Å². The Morgan fingerprint density at radius 1 is 1.25 bits per heavy atom. The van der Waals surface area contributed by atoms with Crippen molar-refractivity contribution in [2.75, 3.05) is 7.11 Å². The maximum Gasteiger partial charge on any atom is 0.337 e. The summed E-state index contributed by atoms with van der Waals surface area (Å²) in [4.78, 5) is 22.3. The first-order chi connectivity index (χ1) is 11.2. The largest absolute Gasteiger partial charge is 0.465 e. The minimum atomic E-state index is -1.56. The maximum atomic E-state index is 11.4. The van der Waals surface area contributed by atoms with Crippen LogP contribution in [0.3, 0.4) is 0 Å². The predicted molar refractivity (Wildman–Crippen MR) is 92.8 cm³/mol. The van der Waals surface area contributed by atoms with E-state index in [1.54, 1.807) is 38.2 Å². The third kappa shape index (κ3) is 7.89. The van der Waals surface area contributed by atoms with Gasteiger partial charge in [0, 0.05) is 0 Å². The normalized spacial score (nSPS) is 17.1. The number of carbonyl (C=O) groups excluding carboxylic acids is 2. The molecule has 0 aliphatic heterocycles. The van der Waals surface area contributed by atoms with Crippen molar-refractivity contribution in [1.82, 2.24) is 0 Å². The van der Waals surface area contributed by atoms with Crippen molar-refractivity contribution in [1.29, 1.82) is 0 Å². The second kappa shape index (κ2) is 11.4. The molecule has 0 aromatic carbocycles. The zero-order valence-corrected chi connectivity index (χ0v) is 14.6. The van der Waals surface area contributed by atoms with Crippen LogP contribution in [0.4, 0.5) is 0 Å². The van der Waals surface area contributed by atoms with Crippen LogP contribution in [-0.2, 0) is 14.3 Å². The third-order valence-corrected chi connectivity index (χ3v) is 3.43. The van der Waals surface area contributed by atoms with Crippen molar-refractivity contribution in [3.05, 3.63) is 47.6 Å². The Morgan fingerprint density at radius 2 is 1.88 bits per heavy atom. The number of esters is 1. The number of amides is 1. The fourth-order valence-corrected chi connectivity index (χ4v) is 1.87. The number of aliphatic hydroxyl groups is 2. The van der Waals surface area contributed by atoms with Crippen LogP contribution in [0.2, 0.25) is 0 Å². The fourth-order valence-electron chi connectivity index (χ4n) is 1.87. The summed E-state index contributed by atoms with van der Waals surface area (Å²) in [5.41, 5.74) is 6.29. The monoisotopic (exact) mass is 337 g/mol. The lowest BCUT2D eigenvalue weighted by atomic mass is 9.96. The number of aliphatic hydroxyl groups excluding tert-OH is 2. The summed E-state index contributed by atoms with van der Waals surface area (Å²) in [6.07, 6.45) is 8.30. The molecule has 0 bridgehead atoms. The van der Waals surface area contributed by atoms with Crippen molar-refractivity contribution in [2.45, 2.75) is 39.4 Å². The molecule has 3 unspecified atom stereocenters. The van der Waals surface area contributed by atoms with Gasteiger partial charge in [0.1, 0.15) is 0 Å². The number of allylic oxidation sites excluding steroid dienone is 6. The first kappa shape index (κ1) is 21.8. The Labute approximate surface area is 143 Å². The third-order valence-electron chi connectivity index (χ3n) is 3.43. The van der Waals surface area contributed by atoms with Gasteiger partial charge in [-0.3, -0.25) is 4.79 Å². The number of ether oxygens (including phenoxy) is 1. The maximum absolute atomic E-state index is 11.4. The molecule has 24 heavy (non-hydrogen) atoms. The lowest BCUT2D eigenvalue weighted by Gasteiger charge is -2.20. The first-order valence-electron chi connectivity index (χ1n) is 7.66. The molecule has 0 aromatic heterocycles. The van der Waals surface area contributed by atoms with Crippen molar-refractivity contribution in [3.63, 3.8) is 0 Å². The molecule has 0 saturated carbocycles. The summed E-state index contributed by atoms with van der Waals surface area (Å²) in [6.45, 7) is 5.32. The SMILES string of the molecule is C\C=C(/C=C(C)/C=C/C=C/CC(C)C(O)C(O)C(N)=O)C(=O)OC. The molecule has 0 spiro atoms. The van der Waals surface area contributed by atoms with Gasteiger partial charge in [0.15, 0.2) is 6.10 Å². The van der Waals surface area contributed by atoms with Crippen LogP contribution in [-0.4, -0.2) is 41.4 Å². The standard InChI is InChI=1S/C18H27NO5/c1-5-14(18(23)24-4)11-12(2)9-7-6-8-10-13(3)15(20)16(21)17(19)22/h5-9,11,13,15-16,20-21H,10H2,1-4H3,(H2,19,22)/b8-6+,9-7+,12-11+,14-5+. The van der Waals surface area contributed by atoms with E-state index in [1.165, 1.54) is 7.11 Å². The minimum absolute atomic E-state index is 0.317. The Balaban J connectivity index is 4.57. The second-order valence-corrected chi connectivity index (χ2v) is 5.46. The molecule has 0 saturated heterocycles. The average Bonchev–Trinajstić information content (AvgIpc) is 2.56. The lowest BCUT2D eigenvalue weighted by Crippen LogP contribution is -2.42. The summed E-state index contributed by atoms with van der Waals surface area (Å²) in [5.74, 6) is -1.65. The smallest absolute Gasteiger partial charge is 0.337 e. The molecule has 4 N–H and O–H groups in total. The van der Waals surface area contributed by atoms with Crippen LogP contribution in [0.1, 0.15) is 27.2 Å². The van der Waals surface area contributed by atoms with Gasteiger partial charge in [-0.15, -0.1) is 0 Å². The molecule has 134 valence electrons. The first-order valence-corrected chi connectivity index (χ1v) is 7.66. The van der Waals surface area contributed by atoms with Crippen LogP contribution in [0.5, 0.6) is 0 Å². The summed E-state index contributed by atoms with van der Waals surface area (Å²) in [7, 11) is 1.33. The van der Waals surface area contributed by atoms with Gasteiger partial charge >= 0.3 is 5.97 Å². The minimum Gasteiger partial charge on any atom is -0.465 e. The van der Waals surface area contributed by atoms with E-state index in [4.69, 9.17) is 5.73 Å². The van der Waals surface area contributed by atoms with E-state index in [-0.39, 0.29) is 5.92 Å². The summed E-state index contributed by atoms with van der Waals surface area (Å²) in [5, 5.41) is 19.1. The van der Waals surface area contributed by atoms with Gasteiger partial charge in [-0.25, -0.2) is 4.79 Å². The molecule has 1 amide bonds. The number of methoxy groups -OCH3 is 1. The highest BCUT2D eigenvalue weighted by molar-refractivity contribution is 5.91. The molecule has 0 heterocycles. The van der Waals surface area contributed by atoms with E-state index in [0.29, 0.717) is 12.0 Å². The van der Waals surface area contributed by atoms with E-state index in [0.717, 1.165) is 5.57 Å². The molecule has 0 aromatic rings. The van der Waals surface area contributed by atoms with Crippen LogP contribution in [0.25, 0.3) is 0 Å². The highest BCUT2D eigenvalue weighted by atomic mass is 16.5. The molecule has 0 rings (SSSR count). The number of primary amides is 1. The quantitative estimate of drug-likeness (QED) is 0.335. The van der Waals surface area contributed by atoms with Gasteiger partial charge in [0.2, 0.25) is 5.91 Å². The van der Waals surface area contributed by atoms with Crippen LogP contribution in [0, 0.1) is 5.92 Å². The van der Waals surface area contributed by atoms with E-state index >= 15 is 0 Å². The lowest BCUT2D eigenvalue weighted by molar-refractivity contribution is -0.136. The van der Waals surface area contributed by atoms with Gasteiger partial charge in [0.25, 0.3) is 0 Å². The van der Waals surface area contributed by atoms with Crippen molar-refractivity contribution < 1.29 is 24.5 Å². The van der Waals surface area contributed by atoms with Crippen molar-refractivity contribution in [3.8, 4) is 0 Å². The number of carbonyl (C=O) groups is 2. The zero-order chi connectivity index (χ0) is 18.7. The summed E-state index contributed by atoms with van der Waals surface area (Å²) in [6, 6.07) is 0. The molecule has 0 aliphatic rings. The van der Waals surface area contributed by atoms with Crippen molar-refractivity contribution >= 4 is 11.9 Å². The van der Waals surface area contributed by atoms with Crippen molar-refractivity contribution in [2.24, 2.45) is 11.7 Å². The molecule has 3 atom stereocenters. The molecule has 0 fully saturated rings. The molecular formula is C18H27NO5. The van der Waals surface area contributed by atoms with E-state index < -0.39 is 24.1 Å². The van der Waals surface area contributed by atoms with E-state index in [1.807, 2.05) is 19.1 Å². The van der Waals surface area contributed by atoms with Crippen LogP contribution in [0.15, 0.2) is 47.6 Å². The molecule has 0 radical (unpaired) electrons. The van der Waals surface area contributed by atoms with Gasteiger partial charge in [-0.05, 0) is 32.3 Å². The Kier molecular flexibility index (Phi) is 10.3. The van der Waals surface area contributed by atoms with Gasteiger partial charge < -0.3 is 20.7 Å². The highest BCUT2D eigenvalue weighted by Gasteiger charge is 2.26. The molecule has 6 heteroatoms. The van der Waals surface area contributed by atoms with Gasteiger partial charge in [-0.2, -0.15) is 0 Å². The summed E-state index contributed by atoms with van der Waals surface area (Å²) < 4.78 is 4.67. The Hall–Kier alpha value is -2.18. The predicted octanol–water partition coefficient (Wildman–Crippen LogP) is 1.40. The zero-order valence-electron chi connectivity index (χ0n) is 14.6. The van der Waals surface area contributed by atoms with Gasteiger partial charge in [0.05, 0.1) is 18.8 Å². The Morgan fingerprint density at radius 3 is 2.38 bits per heavy atom. The van der Waals surface area contributed by atoms with E-state index in [9.17, 15) is 19.8 Å². The number of nitrogens with two attached hydrogens (primary N) is 1. The fraction of sp³-hybridized carbons (Fsp3) is 0.444. The number of hydrogen-bond donors (Lipinski definition) is 3. The van der Waals surface area contributed by atoms with Gasteiger partial charge in [-0.1, -0.05) is 42.9 Å². The average molecular weight is 337 g/mol. The molecule has 0 aliphatic carbocycles.